The first-order valence-corrected chi connectivity index (χ1v) is 14.0. The van der Waals surface area contributed by atoms with Crippen molar-refractivity contribution in [2.75, 3.05) is 13.1 Å². The van der Waals surface area contributed by atoms with Crippen molar-refractivity contribution < 1.29 is 9.90 Å². The highest BCUT2D eigenvalue weighted by atomic mass is 16.3. The van der Waals surface area contributed by atoms with Crippen molar-refractivity contribution in [3.63, 3.8) is 0 Å². The van der Waals surface area contributed by atoms with Crippen LogP contribution >= 0.6 is 0 Å². The number of aromatic hydroxyl groups is 1. The van der Waals surface area contributed by atoms with Crippen molar-refractivity contribution in [1.29, 1.82) is 5.26 Å². The number of nitrogens with zero attached hydrogens (tertiary/aromatic N) is 4. The van der Waals surface area contributed by atoms with Gasteiger partial charge in [0, 0.05) is 24.2 Å². The van der Waals surface area contributed by atoms with Crippen molar-refractivity contribution in [3.8, 4) is 11.9 Å². The second kappa shape index (κ2) is 15.7. The Bertz CT molecular complexity index is 1150. The first-order chi connectivity index (χ1) is 18.3. The molecule has 0 aliphatic rings. The number of nitriles is 1. The standard InChI is InChI=1S/C30H43N5O3/c1-6-10-12-22(8-3)19-35(20-23(9-4)13-11-7-2)30(38)24-14-16-25(17-15-24)33-34-27-21(5)26(18-31)28(36)32-29(27)37/h14-17,22-23H,6-13,19-20H2,1-5H3,(H2,32,36,37)/b34-33+. The minimum absolute atomic E-state index is 0.0304. The number of pyridine rings is 1. The monoisotopic (exact) mass is 521 g/mol. The summed E-state index contributed by atoms with van der Waals surface area (Å²) in [7, 11) is 0. The zero-order chi connectivity index (χ0) is 28.1. The van der Waals surface area contributed by atoms with E-state index in [2.05, 4.69) is 47.8 Å². The Hall–Kier alpha value is -3.47. The summed E-state index contributed by atoms with van der Waals surface area (Å²) in [6.45, 7) is 11.9. The van der Waals surface area contributed by atoms with Crippen LogP contribution in [-0.2, 0) is 0 Å². The lowest BCUT2D eigenvalue weighted by molar-refractivity contribution is 0.0685. The van der Waals surface area contributed by atoms with Crippen molar-refractivity contribution in [3.05, 3.63) is 51.3 Å². The largest absolute Gasteiger partial charge is 0.493 e. The highest BCUT2D eigenvalue weighted by Crippen LogP contribution is 2.30. The maximum atomic E-state index is 13.7. The molecule has 1 heterocycles. The number of nitrogens with one attached hydrogen (secondary N) is 1. The molecule has 206 valence electrons. The number of hydrogen-bond donors (Lipinski definition) is 2. The van der Waals surface area contributed by atoms with Crippen molar-refractivity contribution >= 4 is 17.3 Å². The van der Waals surface area contributed by atoms with Gasteiger partial charge in [0.05, 0.1) is 5.69 Å². The Labute approximate surface area is 226 Å². The molecule has 0 saturated heterocycles. The smallest absolute Gasteiger partial charge is 0.269 e. The second-order valence-corrected chi connectivity index (χ2v) is 10.1. The molecule has 1 aromatic carbocycles. The lowest BCUT2D eigenvalue weighted by Crippen LogP contribution is -2.39. The Morgan fingerprint density at radius 2 is 1.55 bits per heavy atom. The van der Waals surface area contributed by atoms with Gasteiger partial charge in [-0.25, -0.2) is 0 Å². The van der Waals surface area contributed by atoms with Crippen LogP contribution in [0, 0.1) is 30.1 Å². The molecule has 38 heavy (non-hydrogen) atoms. The molecule has 0 fully saturated rings. The van der Waals surface area contributed by atoms with E-state index in [1.807, 2.05) is 6.07 Å². The van der Waals surface area contributed by atoms with E-state index in [0.717, 1.165) is 51.6 Å². The molecule has 8 heteroatoms. The van der Waals surface area contributed by atoms with Crippen LogP contribution in [0.15, 0.2) is 39.3 Å². The lowest BCUT2D eigenvalue weighted by atomic mass is 9.95. The van der Waals surface area contributed by atoms with Gasteiger partial charge in [-0.15, -0.1) is 5.11 Å². The molecule has 2 rings (SSSR count). The SMILES string of the molecule is CCCCC(CC)CN(CC(CC)CCCC)C(=O)c1ccc(/N=N/c2c(O)[nH]c(=O)c(C#N)c2C)cc1. The van der Waals surface area contributed by atoms with E-state index in [1.165, 1.54) is 19.8 Å². The molecule has 0 aliphatic carbocycles. The van der Waals surface area contributed by atoms with Gasteiger partial charge < -0.3 is 10.0 Å². The molecule has 1 amide bonds. The third-order valence-electron chi connectivity index (χ3n) is 7.24. The third kappa shape index (κ3) is 8.54. The maximum Gasteiger partial charge on any atom is 0.269 e. The molecule has 2 N–H and O–H groups in total. The summed E-state index contributed by atoms with van der Waals surface area (Å²) in [6, 6.07) is 8.74. The zero-order valence-electron chi connectivity index (χ0n) is 23.6. The number of benzene rings is 1. The molecular formula is C30H43N5O3. The molecule has 0 saturated carbocycles. The fourth-order valence-corrected chi connectivity index (χ4v) is 4.61. The van der Waals surface area contributed by atoms with Crippen LogP contribution in [-0.4, -0.2) is 34.0 Å². The van der Waals surface area contributed by atoms with E-state index in [1.54, 1.807) is 24.3 Å². The number of carbonyl (C=O) groups excluding carboxylic acids is 1. The number of H-pyrrole nitrogens is 1. The lowest BCUT2D eigenvalue weighted by Gasteiger charge is -2.31. The van der Waals surface area contributed by atoms with Gasteiger partial charge in [0.2, 0.25) is 5.88 Å². The Morgan fingerprint density at radius 1 is 1.00 bits per heavy atom. The summed E-state index contributed by atoms with van der Waals surface area (Å²) in [6.07, 6.45) is 9.03. The van der Waals surface area contributed by atoms with Crippen molar-refractivity contribution in [1.82, 2.24) is 9.88 Å². The number of unbranched alkanes of at least 4 members (excludes halogenated alkanes) is 2. The van der Waals surface area contributed by atoms with Gasteiger partial charge in [-0.05, 0) is 55.9 Å². The van der Waals surface area contributed by atoms with E-state index in [9.17, 15) is 20.0 Å². The minimum atomic E-state index is -0.672. The summed E-state index contributed by atoms with van der Waals surface area (Å²) in [5.74, 6) is 0.565. The second-order valence-electron chi connectivity index (χ2n) is 10.1. The predicted molar refractivity (Wildman–Crippen MR) is 151 cm³/mol. The molecule has 2 aromatic rings. The van der Waals surface area contributed by atoms with Crippen LogP contribution in [0.1, 0.15) is 101 Å². The highest BCUT2D eigenvalue weighted by Gasteiger charge is 2.22. The summed E-state index contributed by atoms with van der Waals surface area (Å²) < 4.78 is 0. The number of aromatic amines is 1. The van der Waals surface area contributed by atoms with Crippen LogP contribution in [0.5, 0.6) is 5.88 Å². The minimum Gasteiger partial charge on any atom is -0.493 e. The van der Waals surface area contributed by atoms with Gasteiger partial charge in [0.15, 0.2) is 0 Å². The first kappa shape index (κ1) is 30.8. The van der Waals surface area contributed by atoms with E-state index in [0.29, 0.717) is 23.1 Å². The normalized spacial score (nSPS) is 12.8. The average Bonchev–Trinajstić information content (AvgIpc) is 2.92. The molecule has 8 nitrogen and oxygen atoms in total. The third-order valence-corrected chi connectivity index (χ3v) is 7.24. The van der Waals surface area contributed by atoms with Crippen LogP contribution in [0.25, 0.3) is 0 Å². The van der Waals surface area contributed by atoms with Gasteiger partial charge in [-0.1, -0.05) is 66.2 Å². The number of amides is 1. The van der Waals surface area contributed by atoms with Crippen molar-refractivity contribution in [2.24, 2.45) is 22.1 Å². The summed E-state index contributed by atoms with van der Waals surface area (Å²) in [4.78, 5) is 29.7. The van der Waals surface area contributed by atoms with E-state index in [4.69, 9.17) is 0 Å². The number of rotatable bonds is 15. The van der Waals surface area contributed by atoms with Crippen LogP contribution in [0.4, 0.5) is 11.4 Å². The van der Waals surface area contributed by atoms with Crippen LogP contribution in [0.3, 0.4) is 0 Å². The van der Waals surface area contributed by atoms with Crippen molar-refractivity contribution in [2.45, 2.75) is 86.0 Å². The first-order valence-electron chi connectivity index (χ1n) is 14.0. The summed E-state index contributed by atoms with van der Waals surface area (Å²) >= 11 is 0. The van der Waals surface area contributed by atoms with Gasteiger partial charge in [-0.3, -0.25) is 14.6 Å². The van der Waals surface area contributed by atoms with E-state index in [-0.39, 0.29) is 22.7 Å². The van der Waals surface area contributed by atoms with Crippen LogP contribution < -0.4 is 5.56 Å². The number of hydrogen-bond acceptors (Lipinski definition) is 6. The molecule has 0 radical (unpaired) electrons. The van der Waals surface area contributed by atoms with Gasteiger partial charge in [0.25, 0.3) is 11.5 Å². The fraction of sp³-hybridized carbons (Fsp3) is 0.567. The topological polar surface area (TPSA) is 122 Å². The quantitative estimate of drug-likeness (QED) is 0.235. The van der Waals surface area contributed by atoms with Crippen LogP contribution in [0.2, 0.25) is 0 Å². The molecule has 0 bridgehead atoms. The number of carbonyl (C=O) groups is 1. The molecular weight excluding hydrogens is 478 g/mol. The maximum absolute atomic E-state index is 13.7. The Balaban J connectivity index is 2.26. The molecule has 0 aliphatic heterocycles. The fourth-order valence-electron chi connectivity index (χ4n) is 4.61. The number of aromatic nitrogens is 1. The zero-order valence-corrected chi connectivity index (χ0v) is 23.6. The molecule has 2 atom stereocenters. The molecule has 2 unspecified atom stereocenters. The van der Waals surface area contributed by atoms with Gasteiger partial charge in [0.1, 0.15) is 17.3 Å². The van der Waals surface area contributed by atoms with Gasteiger partial charge >= 0.3 is 0 Å². The Kier molecular flexibility index (Phi) is 12.7. The highest BCUT2D eigenvalue weighted by molar-refractivity contribution is 5.94. The van der Waals surface area contributed by atoms with E-state index >= 15 is 0 Å². The molecule has 0 spiro atoms. The van der Waals surface area contributed by atoms with Gasteiger partial charge in [-0.2, -0.15) is 10.4 Å². The Morgan fingerprint density at radius 3 is 2.03 bits per heavy atom. The molecule has 1 aromatic heterocycles. The van der Waals surface area contributed by atoms with E-state index < -0.39 is 11.4 Å². The summed E-state index contributed by atoms with van der Waals surface area (Å²) in [5.41, 5.74) is 0.583. The number of azo groups is 1. The predicted octanol–water partition coefficient (Wildman–Crippen LogP) is 7.55. The average molecular weight is 522 g/mol. The summed E-state index contributed by atoms with van der Waals surface area (Å²) in [5, 5.41) is 27.5.